The van der Waals surface area contributed by atoms with Gasteiger partial charge >= 0.3 is 0 Å². The second kappa shape index (κ2) is 6.40. The zero-order valence-electron chi connectivity index (χ0n) is 14.5. The molecule has 0 radical (unpaired) electrons. The third-order valence-corrected chi connectivity index (χ3v) is 5.51. The fourth-order valence-corrected chi connectivity index (χ4v) is 4.28. The summed E-state index contributed by atoms with van der Waals surface area (Å²) in [5, 5.41) is 0. The molecule has 2 aromatic rings. The Balaban J connectivity index is 1.76. The SMILES string of the molecule is Cc1cccc(C(=O)N2C(=S)C(c3ccc(F)cc3)=NC23CCCC3)c1. The quantitative estimate of drug-likeness (QED) is 0.723. The van der Waals surface area contributed by atoms with Crippen molar-refractivity contribution in [2.75, 3.05) is 0 Å². The molecule has 0 unspecified atom stereocenters. The highest BCUT2D eigenvalue weighted by Crippen LogP contribution is 2.42. The van der Waals surface area contributed by atoms with E-state index in [2.05, 4.69) is 0 Å². The molecule has 1 spiro atoms. The van der Waals surface area contributed by atoms with Gasteiger partial charge in [-0.3, -0.25) is 14.7 Å². The molecular formula is C21H19FN2OS. The van der Waals surface area contributed by atoms with Gasteiger partial charge in [-0.15, -0.1) is 0 Å². The van der Waals surface area contributed by atoms with Crippen LogP contribution in [0.25, 0.3) is 0 Å². The lowest BCUT2D eigenvalue weighted by Gasteiger charge is -2.32. The largest absolute Gasteiger partial charge is 0.271 e. The van der Waals surface area contributed by atoms with Crippen LogP contribution in [-0.2, 0) is 0 Å². The number of halogens is 1. The molecule has 0 N–H and O–H groups in total. The molecule has 1 amide bonds. The van der Waals surface area contributed by atoms with Gasteiger partial charge in [0.2, 0.25) is 0 Å². The van der Waals surface area contributed by atoms with Gasteiger partial charge in [-0.05, 0) is 69.0 Å². The smallest absolute Gasteiger partial charge is 0.260 e. The highest BCUT2D eigenvalue weighted by atomic mass is 32.1. The summed E-state index contributed by atoms with van der Waals surface area (Å²) in [6, 6.07) is 13.7. The van der Waals surface area contributed by atoms with Gasteiger partial charge in [-0.2, -0.15) is 0 Å². The maximum atomic E-state index is 13.3. The Morgan fingerprint density at radius 2 is 1.85 bits per heavy atom. The first-order valence-corrected chi connectivity index (χ1v) is 9.22. The van der Waals surface area contributed by atoms with Crippen LogP contribution in [0.15, 0.2) is 53.5 Å². The summed E-state index contributed by atoms with van der Waals surface area (Å²) >= 11 is 5.68. The van der Waals surface area contributed by atoms with Gasteiger partial charge in [0.25, 0.3) is 5.91 Å². The van der Waals surface area contributed by atoms with Crippen LogP contribution in [-0.4, -0.2) is 27.2 Å². The van der Waals surface area contributed by atoms with Gasteiger partial charge in [-0.1, -0.05) is 29.9 Å². The highest BCUT2D eigenvalue weighted by Gasteiger charge is 2.50. The molecule has 0 bridgehead atoms. The van der Waals surface area contributed by atoms with Crippen LogP contribution in [0.1, 0.15) is 47.2 Å². The Hall–Kier alpha value is -2.40. The van der Waals surface area contributed by atoms with E-state index in [-0.39, 0.29) is 11.7 Å². The second-order valence-corrected chi connectivity index (χ2v) is 7.36. The number of aliphatic imine (C=N–C) groups is 1. The Kier molecular flexibility index (Phi) is 4.19. The first-order valence-electron chi connectivity index (χ1n) is 8.82. The van der Waals surface area contributed by atoms with Gasteiger partial charge in [0.15, 0.2) is 0 Å². The fourth-order valence-electron chi connectivity index (χ4n) is 3.86. The van der Waals surface area contributed by atoms with Crippen LogP contribution in [0.5, 0.6) is 0 Å². The van der Waals surface area contributed by atoms with Crippen LogP contribution < -0.4 is 0 Å². The number of carbonyl (C=O) groups is 1. The van der Waals surface area contributed by atoms with Crippen LogP contribution in [0.3, 0.4) is 0 Å². The normalized spacial score (nSPS) is 18.5. The molecule has 0 aromatic heterocycles. The lowest BCUT2D eigenvalue weighted by atomic mass is 10.1. The Bertz CT molecular complexity index is 914. The standard InChI is InChI=1S/C21H19FN2OS/c1-14-5-4-6-16(13-14)19(25)24-20(26)18(15-7-9-17(22)10-8-15)23-21(24)11-2-3-12-21/h4-10,13H,2-3,11-12H2,1H3. The molecule has 0 atom stereocenters. The second-order valence-electron chi connectivity index (χ2n) is 6.97. The minimum absolute atomic E-state index is 0.110. The number of hydrogen-bond donors (Lipinski definition) is 0. The first kappa shape index (κ1) is 17.0. The van der Waals surface area contributed by atoms with Gasteiger partial charge in [0.05, 0.1) is 0 Å². The minimum atomic E-state index is -0.596. The average molecular weight is 366 g/mol. The Labute approximate surface area is 157 Å². The number of hydrogen-bond acceptors (Lipinski definition) is 3. The predicted octanol–water partition coefficient (Wildman–Crippen LogP) is 4.68. The maximum Gasteiger partial charge on any atom is 0.260 e. The van der Waals surface area contributed by atoms with Crippen LogP contribution >= 0.6 is 12.2 Å². The van der Waals surface area contributed by atoms with Gasteiger partial charge in [0, 0.05) is 11.1 Å². The molecule has 0 saturated heterocycles. The monoisotopic (exact) mass is 366 g/mol. The Morgan fingerprint density at radius 1 is 1.15 bits per heavy atom. The number of amides is 1. The molecule has 4 rings (SSSR count). The number of benzene rings is 2. The van der Waals surface area contributed by atoms with E-state index in [9.17, 15) is 9.18 Å². The van der Waals surface area contributed by atoms with Crippen molar-refractivity contribution in [3.8, 4) is 0 Å². The van der Waals surface area contributed by atoms with E-state index in [1.165, 1.54) is 12.1 Å². The summed E-state index contributed by atoms with van der Waals surface area (Å²) in [6.45, 7) is 1.96. The zero-order valence-corrected chi connectivity index (χ0v) is 15.4. The van der Waals surface area contributed by atoms with Crippen molar-refractivity contribution >= 4 is 28.8 Å². The molecule has 2 aliphatic rings. The van der Waals surface area contributed by atoms with Crippen molar-refractivity contribution in [3.05, 3.63) is 71.0 Å². The number of carbonyl (C=O) groups excluding carboxylic acids is 1. The van der Waals surface area contributed by atoms with E-state index in [0.717, 1.165) is 36.8 Å². The van der Waals surface area contributed by atoms with E-state index >= 15 is 0 Å². The molecule has 132 valence electrons. The van der Waals surface area contributed by atoms with Crippen molar-refractivity contribution in [2.24, 2.45) is 4.99 Å². The van der Waals surface area contributed by atoms with Crippen LogP contribution in [0, 0.1) is 12.7 Å². The molecule has 1 aliphatic heterocycles. The summed E-state index contributed by atoms with van der Waals surface area (Å²) in [6.07, 6.45) is 3.63. The first-order chi connectivity index (χ1) is 12.5. The molecule has 1 heterocycles. The van der Waals surface area contributed by atoms with E-state index in [1.54, 1.807) is 17.0 Å². The molecule has 1 saturated carbocycles. The maximum absolute atomic E-state index is 13.3. The summed E-state index contributed by atoms with van der Waals surface area (Å²) in [4.78, 5) is 20.3. The molecule has 5 heteroatoms. The van der Waals surface area contributed by atoms with E-state index in [4.69, 9.17) is 17.2 Å². The van der Waals surface area contributed by atoms with E-state index in [0.29, 0.717) is 16.3 Å². The fraction of sp³-hybridized carbons (Fsp3) is 0.286. The average Bonchev–Trinajstić information content (AvgIpc) is 3.20. The van der Waals surface area contributed by atoms with Crippen molar-refractivity contribution in [1.82, 2.24) is 4.90 Å². The lowest BCUT2D eigenvalue weighted by Crippen LogP contribution is -2.48. The predicted molar refractivity (Wildman–Crippen MR) is 104 cm³/mol. The lowest BCUT2D eigenvalue weighted by molar-refractivity contribution is 0.0724. The zero-order chi connectivity index (χ0) is 18.3. The van der Waals surface area contributed by atoms with Gasteiger partial charge in [-0.25, -0.2) is 4.39 Å². The highest BCUT2D eigenvalue weighted by molar-refractivity contribution is 7.82. The molecule has 3 nitrogen and oxygen atoms in total. The molecule has 1 aliphatic carbocycles. The molecular weight excluding hydrogens is 347 g/mol. The number of thiocarbonyl (C=S) groups is 1. The van der Waals surface area contributed by atoms with Crippen molar-refractivity contribution in [3.63, 3.8) is 0 Å². The molecule has 26 heavy (non-hydrogen) atoms. The number of rotatable bonds is 2. The molecule has 1 fully saturated rings. The van der Waals surface area contributed by atoms with E-state index in [1.807, 2.05) is 31.2 Å². The minimum Gasteiger partial charge on any atom is -0.271 e. The molecule has 2 aromatic carbocycles. The summed E-state index contributed by atoms with van der Waals surface area (Å²) in [5.41, 5.74) is 2.42. The summed E-state index contributed by atoms with van der Waals surface area (Å²) in [5.74, 6) is -0.414. The van der Waals surface area contributed by atoms with Crippen molar-refractivity contribution in [1.29, 1.82) is 0 Å². The van der Waals surface area contributed by atoms with Crippen molar-refractivity contribution in [2.45, 2.75) is 38.3 Å². The van der Waals surface area contributed by atoms with Crippen LogP contribution in [0.4, 0.5) is 4.39 Å². The number of nitrogens with zero attached hydrogens (tertiary/aromatic N) is 2. The summed E-state index contributed by atoms with van der Waals surface area (Å²) in [7, 11) is 0. The number of aryl methyl sites for hydroxylation is 1. The van der Waals surface area contributed by atoms with Crippen molar-refractivity contribution < 1.29 is 9.18 Å². The topological polar surface area (TPSA) is 32.7 Å². The van der Waals surface area contributed by atoms with Gasteiger partial charge < -0.3 is 0 Å². The summed E-state index contributed by atoms with van der Waals surface area (Å²) < 4.78 is 13.3. The third-order valence-electron chi connectivity index (χ3n) is 5.13. The Morgan fingerprint density at radius 3 is 2.50 bits per heavy atom. The van der Waals surface area contributed by atoms with Gasteiger partial charge in [0.1, 0.15) is 22.2 Å². The van der Waals surface area contributed by atoms with E-state index < -0.39 is 5.66 Å². The third kappa shape index (κ3) is 2.76. The van der Waals surface area contributed by atoms with Crippen LogP contribution in [0.2, 0.25) is 0 Å².